The van der Waals surface area contributed by atoms with Crippen LogP contribution >= 0.6 is 0 Å². The Morgan fingerprint density at radius 1 is 1.14 bits per heavy atom. The van der Waals surface area contributed by atoms with E-state index in [1.807, 2.05) is 64.1 Å². The van der Waals surface area contributed by atoms with Crippen LogP contribution in [0.25, 0.3) is 0 Å². The van der Waals surface area contributed by atoms with Gasteiger partial charge in [0.05, 0.1) is 11.1 Å². The summed E-state index contributed by atoms with van der Waals surface area (Å²) in [5, 5.41) is 2.96. The SMILES string of the molecule is Cc1cc(C)cc(C(=O)Nc2ccc3c(c2)N(CC(C)C)C(=O)C(C)(C)CO3)c1. The summed E-state index contributed by atoms with van der Waals surface area (Å²) in [4.78, 5) is 27.7. The first-order chi connectivity index (χ1) is 13.6. The highest BCUT2D eigenvalue weighted by atomic mass is 16.5. The molecule has 0 saturated heterocycles. The van der Waals surface area contributed by atoms with Gasteiger partial charge in [0.15, 0.2) is 0 Å². The number of carbonyl (C=O) groups is 2. The van der Waals surface area contributed by atoms with Crippen molar-refractivity contribution in [2.24, 2.45) is 11.3 Å². The van der Waals surface area contributed by atoms with Crippen LogP contribution in [-0.4, -0.2) is 25.0 Å². The maximum absolute atomic E-state index is 13.2. The van der Waals surface area contributed by atoms with E-state index in [9.17, 15) is 9.59 Å². The second kappa shape index (κ2) is 7.90. The van der Waals surface area contributed by atoms with Crippen LogP contribution in [-0.2, 0) is 4.79 Å². The standard InChI is InChI=1S/C24H30N2O3/c1-15(2)13-26-20-12-19(7-8-21(20)29-14-24(5,6)23(26)28)25-22(27)18-10-16(3)9-17(4)11-18/h7-12,15H,13-14H2,1-6H3,(H,25,27). The van der Waals surface area contributed by atoms with Gasteiger partial charge in [-0.3, -0.25) is 9.59 Å². The van der Waals surface area contributed by atoms with Crippen LogP contribution in [0, 0.1) is 25.2 Å². The molecule has 1 aliphatic heterocycles. The second-order valence-corrected chi connectivity index (χ2v) is 9.00. The Hall–Kier alpha value is -2.82. The summed E-state index contributed by atoms with van der Waals surface area (Å²) in [6.45, 7) is 12.8. The number of nitrogens with one attached hydrogen (secondary N) is 1. The van der Waals surface area contributed by atoms with Crippen LogP contribution in [0.1, 0.15) is 49.2 Å². The molecule has 1 N–H and O–H groups in total. The van der Waals surface area contributed by atoms with Crippen LogP contribution in [0.2, 0.25) is 0 Å². The maximum Gasteiger partial charge on any atom is 0.255 e. The van der Waals surface area contributed by atoms with Crippen LogP contribution < -0.4 is 15.0 Å². The minimum Gasteiger partial charge on any atom is -0.490 e. The lowest BCUT2D eigenvalue weighted by Crippen LogP contribution is -2.43. The van der Waals surface area contributed by atoms with Gasteiger partial charge in [0.1, 0.15) is 12.4 Å². The van der Waals surface area contributed by atoms with E-state index in [1.165, 1.54) is 0 Å². The van der Waals surface area contributed by atoms with Gasteiger partial charge >= 0.3 is 0 Å². The van der Waals surface area contributed by atoms with Gasteiger partial charge in [0, 0.05) is 17.8 Å². The topological polar surface area (TPSA) is 58.6 Å². The normalized spacial score (nSPS) is 15.6. The number of nitrogens with zero attached hydrogens (tertiary/aromatic N) is 1. The molecule has 1 aliphatic rings. The number of aryl methyl sites for hydroxylation is 2. The summed E-state index contributed by atoms with van der Waals surface area (Å²) in [6, 6.07) is 11.2. The third-order valence-electron chi connectivity index (χ3n) is 4.95. The predicted molar refractivity (Wildman–Crippen MR) is 117 cm³/mol. The zero-order chi connectivity index (χ0) is 21.3. The molecule has 2 aromatic rings. The number of amides is 2. The Morgan fingerprint density at radius 3 is 2.41 bits per heavy atom. The van der Waals surface area contributed by atoms with Crippen LogP contribution in [0.15, 0.2) is 36.4 Å². The van der Waals surface area contributed by atoms with E-state index >= 15 is 0 Å². The first kappa shape index (κ1) is 20.9. The Bertz CT molecular complexity index is 927. The fourth-order valence-corrected chi connectivity index (χ4v) is 3.58. The zero-order valence-electron chi connectivity index (χ0n) is 18.1. The van der Waals surface area contributed by atoms with Crippen LogP contribution in [0.5, 0.6) is 5.75 Å². The van der Waals surface area contributed by atoms with Gasteiger partial charge in [-0.25, -0.2) is 0 Å². The molecule has 154 valence electrons. The lowest BCUT2D eigenvalue weighted by molar-refractivity contribution is -0.127. The van der Waals surface area contributed by atoms with Gasteiger partial charge in [0.25, 0.3) is 5.91 Å². The molecule has 0 aliphatic carbocycles. The molecular weight excluding hydrogens is 364 g/mol. The number of benzene rings is 2. The quantitative estimate of drug-likeness (QED) is 0.797. The number of anilines is 2. The Kier molecular flexibility index (Phi) is 5.69. The molecule has 29 heavy (non-hydrogen) atoms. The van der Waals surface area contributed by atoms with Crippen molar-refractivity contribution in [1.82, 2.24) is 0 Å². The van der Waals surface area contributed by atoms with Crippen molar-refractivity contribution < 1.29 is 14.3 Å². The van der Waals surface area contributed by atoms with Crippen molar-refractivity contribution in [3.63, 3.8) is 0 Å². The smallest absolute Gasteiger partial charge is 0.255 e. The van der Waals surface area contributed by atoms with Crippen molar-refractivity contribution in [1.29, 1.82) is 0 Å². The van der Waals surface area contributed by atoms with Gasteiger partial charge < -0.3 is 15.0 Å². The van der Waals surface area contributed by atoms with Gasteiger partial charge in [0.2, 0.25) is 5.91 Å². The first-order valence-electron chi connectivity index (χ1n) is 10.1. The Balaban J connectivity index is 1.94. The third kappa shape index (κ3) is 4.61. The van der Waals surface area contributed by atoms with Crippen molar-refractivity contribution in [3.05, 3.63) is 53.1 Å². The molecule has 0 bridgehead atoms. The van der Waals surface area contributed by atoms with Crippen molar-refractivity contribution in [2.75, 3.05) is 23.4 Å². The monoisotopic (exact) mass is 394 g/mol. The van der Waals surface area contributed by atoms with Gasteiger partial charge in [-0.05, 0) is 63.9 Å². The van der Waals surface area contributed by atoms with Crippen molar-refractivity contribution in [2.45, 2.75) is 41.5 Å². The summed E-state index contributed by atoms with van der Waals surface area (Å²) in [5.41, 5.74) is 3.43. The van der Waals surface area contributed by atoms with Crippen LogP contribution in [0.4, 0.5) is 11.4 Å². The summed E-state index contributed by atoms with van der Waals surface area (Å²) >= 11 is 0. The molecule has 2 aromatic carbocycles. The minimum absolute atomic E-state index is 0.0303. The van der Waals surface area contributed by atoms with E-state index in [-0.39, 0.29) is 11.8 Å². The van der Waals surface area contributed by atoms with E-state index < -0.39 is 5.41 Å². The average Bonchev–Trinajstić information content (AvgIpc) is 2.71. The van der Waals surface area contributed by atoms with E-state index in [4.69, 9.17) is 4.74 Å². The highest BCUT2D eigenvalue weighted by Gasteiger charge is 2.38. The van der Waals surface area contributed by atoms with Crippen molar-refractivity contribution >= 4 is 23.2 Å². The van der Waals surface area contributed by atoms with E-state index in [1.54, 1.807) is 4.90 Å². The maximum atomic E-state index is 13.2. The third-order valence-corrected chi connectivity index (χ3v) is 4.95. The molecule has 3 rings (SSSR count). The fourth-order valence-electron chi connectivity index (χ4n) is 3.58. The molecule has 0 aromatic heterocycles. The molecule has 0 atom stereocenters. The lowest BCUT2D eigenvalue weighted by atomic mass is 9.92. The second-order valence-electron chi connectivity index (χ2n) is 9.00. The number of ether oxygens (including phenoxy) is 1. The molecule has 1 heterocycles. The number of hydrogen-bond acceptors (Lipinski definition) is 3. The van der Waals surface area contributed by atoms with Gasteiger partial charge in [-0.2, -0.15) is 0 Å². The average molecular weight is 395 g/mol. The van der Waals surface area contributed by atoms with E-state index in [0.29, 0.717) is 41.8 Å². The zero-order valence-corrected chi connectivity index (χ0v) is 18.1. The number of hydrogen-bond donors (Lipinski definition) is 1. The minimum atomic E-state index is -0.615. The van der Waals surface area contributed by atoms with E-state index in [2.05, 4.69) is 19.2 Å². The molecule has 0 saturated carbocycles. The summed E-state index contributed by atoms with van der Waals surface area (Å²) in [7, 11) is 0. The van der Waals surface area contributed by atoms with Gasteiger partial charge in [-0.15, -0.1) is 0 Å². The summed E-state index contributed by atoms with van der Waals surface area (Å²) in [6.07, 6.45) is 0. The molecule has 0 radical (unpaired) electrons. The highest BCUT2D eigenvalue weighted by molar-refractivity contribution is 6.05. The molecule has 5 heteroatoms. The number of carbonyl (C=O) groups excluding carboxylic acids is 2. The fraction of sp³-hybridized carbons (Fsp3) is 0.417. The number of fused-ring (bicyclic) bond motifs is 1. The van der Waals surface area contributed by atoms with Crippen molar-refractivity contribution in [3.8, 4) is 5.75 Å². The van der Waals surface area contributed by atoms with Gasteiger partial charge in [-0.1, -0.05) is 31.0 Å². The molecular formula is C24H30N2O3. The molecule has 2 amide bonds. The summed E-state index contributed by atoms with van der Waals surface area (Å²) < 4.78 is 5.95. The molecule has 5 nitrogen and oxygen atoms in total. The lowest BCUT2D eigenvalue weighted by Gasteiger charge is -2.29. The molecule has 0 spiro atoms. The van der Waals surface area contributed by atoms with E-state index in [0.717, 1.165) is 11.1 Å². The van der Waals surface area contributed by atoms with Crippen LogP contribution in [0.3, 0.4) is 0 Å². The Morgan fingerprint density at radius 2 is 1.79 bits per heavy atom. The predicted octanol–water partition coefficient (Wildman–Crippen LogP) is 4.96. The molecule has 0 unspecified atom stereocenters. The largest absolute Gasteiger partial charge is 0.490 e. The highest BCUT2D eigenvalue weighted by Crippen LogP contribution is 2.38. The first-order valence-corrected chi connectivity index (χ1v) is 10.1. The Labute approximate surface area is 173 Å². The molecule has 0 fully saturated rings. The summed E-state index contributed by atoms with van der Waals surface area (Å²) in [5.74, 6) is 0.819. The number of rotatable bonds is 4.